The van der Waals surface area contributed by atoms with Crippen molar-refractivity contribution in [3.8, 4) is 0 Å². The van der Waals surface area contributed by atoms with Crippen LogP contribution in [0.5, 0.6) is 0 Å². The predicted octanol–water partition coefficient (Wildman–Crippen LogP) is 2.66. The summed E-state index contributed by atoms with van der Waals surface area (Å²) >= 11 is 1.41. The molecule has 0 aliphatic heterocycles. The van der Waals surface area contributed by atoms with Crippen molar-refractivity contribution in [1.82, 2.24) is 15.0 Å². The van der Waals surface area contributed by atoms with Crippen molar-refractivity contribution >= 4 is 17.6 Å². The highest BCUT2D eigenvalue weighted by Crippen LogP contribution is 2.29. The molecule has 0 atom stereocenters. The minimum Gasteiger partial charge on any atom is -0.440 e. The van der Waals surface area contributed by atoms with Gasteiger partial charge in [0.25, 0.3) is 5.22 Å². The van der Waals surface area contributed by atoms with Gasteiger partial charge in [0.2, 0.25) is 0 Å². The van der Waals surface area contributed by atoms with E-state index in [2.05, 4.69) is 20.3 Å². The first kappa shape index (κ1) is 11.9. The zero-order valence-electron chi connectivity index (χ0n) is 10.0. The van der Waals surface area contributed by atoms with E-state index in [4.69, 9.17) is 4.42 Å². The van der Waals surface area contributed by atoms with Gasteiger partial charge in [-0.2, -0.15) is 0 Å². The van der Waals surface area contributed by atoms with E-state index in [0.717, 1.165) is 28.8 Å². The molecule has 17 heavy (non-hydrogen) atoms. The van der Waals surface area contributed by atoms with E-state index in [-0.39, 0.29) is 0 Å². The van der Waals surface area contributed by atoms with Crippen LogP contribution in [0, 0.1) is 13.8 Å². The Hall–Kier alpha value is -1.56. The Morgan fingerprint density at radius 2 is 2.18 bits per heavy atom. The van der Waals surface area contributed by atoms with Gasteiger partial charge in [0.05, 0.1) is 6.20 Å². The molecule has 0 bridgehead atoms. The minimum absolute atomic E-state index is 0.591. The summed E-state index contributed by atoms with van der Waals surface area (Å²) in [6, 6.07) is 0. The molecular weight excluding hydrogens is 236 g/mol. The summed E-state index contributed by atoms with van der Waals surface area (Å²) in [5, 5.41) is 4.68. The smallest absolute Gasteiger partial charge is 0.261 e. The third kappa shape index (κ3) is 2.76. The van der Waals surface area contributed by atoms with Gasteiger partial charge in [-0.15, -0.1) is 0 Å². The van der Waals surface area contributed by atoms with Crippen LogP contribution in [0.15, 0.2) is 27.1 Å². The molecule has 2 aromatic heterocycles. The molecule has 0 unspecified atom stereocenters. The molecule has 0 aromatic carbocycles. The first-order chi connectivity index (χ1) is 8.20. The van der Waals surface area contributed by atoms with Crippen molar-refractivity contribution in [2.24, 2.45) is 0 Å². The van der Waals surface area contributed by atoms with Crippen LogP contribution >= 0.6 is 11.8 Å². The van der Waals surface area contributed by atoms with Crippen molar-refractivity contribution in [2.45, 2.75) is 31.0 Å². The lowest BCUT2D eigenvalue weighted by molar-refractivity contribution is 0.454. The zero-order valence-corrected chi connectivity index (χ0v) is 10.8. The average Bonchev–Trinajstić information content (AvgIpc) is 2.78. The van der Waals surface area contributed by atoms with E-state index in [9.17, 15) is 0 Å². The van der Waals surface area contributed by atoms with E-state index < -0.39 is 0 Å². The molecule has 0 radical (unpaired) electrons. The molecule has 0 amide bonds. The number of rotatable bonds is 4. The lowest BCUT2D eigenvalue weighted by Crippen LogP contribution is -2.05. The fourth-order valence-electron chi connectivity index (χ4n) is 1.39. The van der Waals surface area contributed by atoms with E-state index >= 15 is 0 Å². The van der Waals surface area contributed by atoms with Crippen molar-refractivity contribution in [2.75, 3.05) is 11.9 Å². The van der Waals surface area contributed by atoms with Crippen LogP contribution in [0.2, 0.25) is 0 Å². The fraction of sp³-hybridized carbons (Fsp3) is 0.364. The molecular formula is C11H14N4OS. The molecule has 0 fully saturated rings. The highest BCUT2D eigenvalue weighted by molar-refractivity contribution is 7.99. The van der Waals surface area contributed by atoms with Gasteiger partial charge in [-0.1, -0.05) is 0 Å². The second-order valence-corrected chi connectivity index (χ2v) is 4.42. The summed E-state index contributed by atoms with van der Waals surface area (Å²) in [5.74, 6) is 1.61. The first-order valence-electron chi connectivity index (χ1n) is 5.37. The van der Waals surface area contributed by atoms with Gasteiger partial charge < -0.3 is 9.73 Å². The average molecular weight is 250 g/mol. The first-order valence-corrected chi connectivity index (χ1v) is 6.18. The summed E-state index contributed by atoms with van der Waals surface area (Å²) in [5.41, 5.74) is 1.01. The molecule has 0 spiro atoms. The summed E-state index contributed by atoms with van der Waals surface area (Å²) in [7, 11) is 0. The molecule has 0 aliphatic rings. The highest BCUT2D eigenvalue weighted by Gasteiger charge is 2.11. The topological polar surface area (TPSA) is 63.8 Å². The quantitative estimate of drug-likeness (QED) is 0.842. The second kappa shape index (κ2) is 5.18. The Labute approximate surface area is 104 Å². The molecule has 5 nitrogen and oxygen atoms in total. The largest absolute Gasteiger partial charge is 0.440 e. The van der Waals surface area contributed by atoms with Crippen LogP contribution in [-0.4, -0.2) is 21.5 Å². The van der Waals surface area contributed by atoms with E-state index in [1.54, 1.807) is 12.5 Å². The van der Waals surface area contributed by atoms with Crippen LogP contribution in [0.3, 0.4) is 0 Å². The minimum atomic E-state index is 0.591. The SMILES string of the molecule is CCNc1nc(C)nc(Sc2ncco2)c1C. The van der Waals surface area contributed by atoms with E-state index in [1.165, 1.54) is 11.8 Å². The Kier molecular flexibility index (Phi) is 3.63. The zero-order chi connectivity index (χ0) is 12.3. The van der Waals surface area contributed by atoms with Crippen molar-refractivity contribution < 1.29 is 4.42 Å². The standard InChI is InChI=1S/C11H14N4OS/c1-4-12-9-7(2)10(15-8(3)14-9)17-11-13-5-6-16-11/h5-6H,4H2,1-3H3,(H,12,14,15). The lowest BCUT2D eigenvalue weighted by Gasteiger charge is -2.10. The Morgan fingerprint density at radius 3 is 2.82 bits per heavy atom. The molecule has 6 heteroatoms. The maximum absolute atomic E-state index is 5.20. The van der Waals surface area contributed by atoms with Crippen LogP contribution in [0.4, 0.5) is 5.82 Å². The summed E-state index contributed by atoms with van der Waals surface area (Å²) in [4.78, 5) is 12.8. The normalized spacial score (nSPS) is 10.5. The summed E-state index contributed by atoms with van der Waals surface area (Å²) < 4.78 is 5.20. The van der Waals surface area contributed by atoms with Gasteiger partial charge in [0.1, 0.15) is 22.9 Å². The Bertz CT molecular complexity index is 498. The monoisotopic (exact) mass is 250 g/mol. The molecule has 0 aliphatic carbocycles. The lowest BCUT2D eigenvalue weighted by atomic mass is 10.3. The summed E-state index contributed by atoms with van der Waals surface area (Å²) in [6.07, 6.45) is 3.17. The maximum Gasteiger partial charge on any atom is 0.261 e. The molecule has 2 rings (SSSR count). The van der Waals surface area contributed by atoms with Crippen molar-refractivity contribution in [3.63, 3.8) is 0 Å². The van der Waals surface area contributed by atoms with Gasteiger partial charge >= 0.3 is 0 Å². The molecule has 1 N–H and O–H groups in total. The third-order valence-corrected chi connectivity index (χ3v) is 3.12. The van der Waals surface area contributed by atoms with Crippen molar-refractivity contribution in [3.05, 3.63) is 23.8 Å². The van der Waals surface area contributed by atoms with Crippen LogP contribution in [0.1, 0.15) is 18.3 Å². The molecule has 0 saturated carbocycles. The Balaban J connectivity index is 2.32. The van der Waals surface area contributed by atoms with Gasteiger partial charge in [0, 0.05) is 12.1 Å². The van der Waals surface area contributed by atoms with Gasteiger partial charge in [-0.25, -0.2) is 15.0 Å². The predicted molar refractivity (Wildman–Crippen MR) is 66.3 cm³/mol. The third-order valence-electron chi connectivity index (χ3n) is 2.15. The Morgan fingerprint density at radius 1 is 1.35 bits per heavy atom. The highest BCUT2D eigenvalue weighted by atomic mass is 32.2. The number of aromatic nitrogens is 3. The van der Waals surface area contributed by atoms with Crippen molar-refractivity contribution in [1.29, 1.82) is 0 Å². The molecule has 0 saturated heterocycles. The van der Waals surface area contributed by atoms with Crippen LogP contribution < -0.4 is 5.32 Å². The number of aryl methyl sites for hydroxylation is 1. The number of nitrogens with zero attached hydrogens (tertiary/aromatic N) is 3. The maximum atomic E-state index is 5.20. The fourth-order valence-corrected chi connectivity index (χ4v) is 2.20. The number of hydrogen-bond acceptors (Lipinski definition) is 6. The molecule has 2 aromatic rings. The molecule has 2 heterocycles. The van der Waals surface area contributed by atoms with Gasteiger partial charge in [-0.05, 0) is 32.5 Å². The van der Waals surface area contributed by atoms with E-state index in [0.29, 0.717) is 5.22 Å². The van der Waals surface area contributed by atoms with E-state index in [1.807, 2.05) is 20.8 Å². The number of anilines is 1. The van der Waals surface area contributed by atoms with Crippen LogP contribution in [0.25, 0.3) is 0 Å². The number of oxazole rings is 1. The second-order valence-electron chi connectivity index (χ2n) is 3.48. The molecule has 90 valence electrons. The van der Waals surface area contributed by atoms with Crippen LogP contribution in [-0.2, 0) is 0 Å². The van der Waals surface area contributed by atoms with Gasteiger partial charge in [-0.3, -0.25) is 0 Å². The number of nitrogens with one attached hydrogen (secondary N) is 1. The number of hydrogen-bond donors (Lipinski definition) is 1. The summed E-state index contributed by atoms with van der Waals surface area (Å²) in [6.45, 7) is 6.74. The van der Waals surface area contributed by atoms with Gasteiger partial charge in [0.15, 0.2) is 0 Å².